The summed E-state index contributed by atoms with van der Waals surface area (Å²) in [7, 11) is 3.39. The van der Waals surface area contributed by atoms with Crippen molar-refractivity contribution in [3.63, 3.8) is 0 Å². The second kappa shape index (κ2) is 6.29. The molecule has 8 nitrogen and oxygen atoms in total. The average molecular weight is 321 g/mol. The zero-order valence-corrected chi connectivity index (χ0v) is 13.6. The van der Waals surface area contributed by atoms with Crippen LogP contribution < -0.4 is 11.2 Å². The topological polar surface area (TPSA) is 85.3 Å². The molecule has 23 heavy (non-hydrogen) atoms. The van der Waals surface area contributed by atoms with Gasteiger partial charge < -0.3 is 9.67 Å². The molecule has 0 spiro atoms. The Hall–Kier alpha value is -1.93. The van der Waals surface area contributed by atoms with Gasteiger partial charge in [0.15, 0.2) is 11.2 Å². The summed E-state index contributed by atoms with van der Waals surface area (Å²) >= 11 is 0. The highest BCUT2D eigenvalue weighted by Crippen LogP contribution is 2.16. The minimum Gasteiger partial charge on any atom is -0.395 e. The predicted molar refractivity (Wildman–Crippen MR) is 86.5 cm³/mol. The first kappa shape index (κ1) is 15.9. The lowest BCUT2D eigenvalue weighted by Gasteiger charge is -2.22. The van der Waals surface area contributed by atoms with E-state index in [2.05, 4.69) is 9.88 Å². The van der Waals surface area contributed by atoms with Gasteiger partial charge in [0.05, 0.1) is 12.9 Å². The van der Waals surface area contributed by atoms with Crippen LogP contribution in [0.4, 0.5) is 0 Å². The van der Waals surface area contributed by atoms with Gasteiger partial charge in [0.2, 0.25) is 0 Å². The third-order valence-electron chi connectivity index (χ3n) is 4.74. The van der Waals surface area contributed by atoms with E-state index in [0.717, 1.165) is 25.9 Å². The zero-order chi connectivity index (χ0) is 16.6. The molecule has 0 unspecified atom stereocenters. The molecule has 3 heterocycles. The van der Waals surface area contributed by atoms with Crippen LogP contribution in [0.1, 0.15) is 19.3 Å². The van der Waals surface area contributed by atoms with E-state index in [0.29, 0.717) is 24.1 Å². The molecular weight excluding hydrogens is 298 g/mol. The number of nitrogens with zero attached hydrogens (tertiary/aromatic N) is 5. The van der Waals surface area contributed by atoms with Crippen molar-refractivity contribution in [2.75, 3.05) is 19.7 Å². The molecule has 0 radical (unpaired) electrons. The van der Waals surface area contributed by atoms with E-state index in [9.17, 15) is 14.7 Å². The fraction of sp³-hybridized carbons (Fsp3) is 0.667. The Morgan fingerprint density at radius 2 is 2.09 bits per heavy atom. The summed E-state index contributed by atoms with van der Waals surface area (Å²) in [5.41, 5.74) is 0.240. The monoisotopic (exact) mass is 321 g/mol. The number of aliphatic hydroxyl groups excluding tert-OH is 1. The first-order chi connectivity index (χ1) is 11.0. The molecule has 2 aromatic rings. The van der Waals surface area contributed by atoms with Crippen molar-refractivity contribution >= 4 is 11.2 Å². The number of rotatable bonds is 5. The molecular formula is C15H23N5O3. The molecule has 0 amide bonds. The highest BCUT2D eigenvalue weighted by atomic mass is 16.3. The molecule has 126 valence electrons. The first-order valence-corrected chi connectivity index (χ1v) is 8.00. The van der Waals surface area contributed by atoms with Crippen molar-refractivity contribution in [2.24, 2.45) is 14.1 Å². The highest BCUT2D eigenvalue weighted by molar-refractivity contribution is 5.69. The van der Waals surface area contributed by atoms with Gasteiger partial charge in [0, 0.05) is 33.2 Å². The van der Waals surface area contributed by atoms with Crippen LogP contribution >= 0.6 is 0 Å². The molecule has 0 bridgehead atoms. The SMILES string of the molecule is Cn1cnc2c1c(=O)n(CCCN1CCC[C@H]1CO)c(=O)n2C. The maximum atomic E-state index is 12.6. The summed E-state index contributed by atoms with van der Waals surface area (Å²) in [6, 6.07) is 0.217. The van der Waals surface area contributed by atoms with E-state index in [-0.39, 0.29) is 23.9 Å². The molecule has 0 aliphatic carbocycles. The molecule has 0 aromatic carbocycles. The Morgan fingerprint density at radius 1 is 1.30 bits per heavy atom. The van der Waals surface area contributed by atoms with Crippen molar-refractivity contribution in [1.82, 2.24) is 23.6 Å². The largest absolute Gasteiger partial charge is 0.395 e. The van der Waals surface area contributed by atoms with Gasteiger partial charge >= 0.3 is 5.69 Å². The Morgan fingerprint density at radius 3 is 2.83 bits per heavy atom. The lowest BCUT2D eigenvalue weighted by molar-refractivity contribution is 0.156. The van der Waals surface area contributed by atoms with Crippen LogP contribution in [0.25, 0.3) is 11.2 Å². The third-order valence-corrected chi connectivity index (χ3v) is 4.74. The van der Waals surface area contributed by atoms with Gasteiger partial charge in [-0.3, -0.25) is 18.8 Å². The van der Waals surface area contributed by atoms with Gasteiger partial charge in [0.25, 0.3) is 5.56 Å². The molecule has 1 aliphatic heterocycles. The number of aryl methyl sites for hydroxylation is 2. The maximum absolute atomic E-state index is 12.6. The van der Waals surface area contributed by atoms with E-state index in [1.54, 1.807) is 25.0 Å². The van der Waals surface area contributed by atoms with Crippen molar-refractivity contribution in [2.45, 2.75) is 31.8 Å². The second-order valence-corrected chi connectivity index (χ2v) is 6.19. The lowest BCUT2D eigenvalue weighted by Crippen LogP contribution is -2.40. The van der Waals surface area contributed by atoms with Gasteiger partial charge in [-0.2, -0.15) is 0 Å². The molecule has 1 fully saturated rings. The Balaban J connectivity index is 1.82. The first-order valence-electron chi connectivity index (χ1n) is 8.00. The molecule has 1 aliphatic rings. The number of hydrogen-bond donors (Lipinski definition) is 1. The summed E-state index contributed by atoms with van der Waals surface area (Å²) in [6.07, 6.45) is 4.36. The van der Waals surface area contributed by atoms with Gasteiger partial charge in [0.1, 0.15) is 0 Å². The van der Waals surface area contributed by atoms with Crippen LogP contribution in [0.15, 0.2) is 15.9 Å². The number of fused-ring (bicyclic) bond motifs is 1. The molecule has 2 aromatic heterocycles. The number of hydrogen-bond acceptors (Lipinski definition) is 5. The smallest absolute Gasteiger partial charge is 0.332 e. The number of aliphatic hydroxyl groups is 1. The van der Waals surface area contributed by atoms with Crippen LogP contribution in [-0.4, -0.2) is 54.4 Å². The molecule has 8 heteroatoms. The molecule has 0 saturated carbocycles. The van der Waals surface area contributed by atoms with E-state index in [1.165, 1.54) is 9.13 Å². The minimum absolute atomic E-state index is 0.169. The average Bonchev–Trinajstić information content (AvgIpc) is 3.14. The van der Waals surface area contributed by atoms with E-state index in [1.807, 2.05) is 0 Å². The number of likely N-dealkylation sites (tertiary alicyclic amines) is 1. The Labute approximate surface area is 133 Å². The van der Waals surface area contributed by atoms with Crippen LogP contribution in [-0.2, 0) is 20.6 Å². The van der Waals surface area contributed by atoms with Crippen LogP contribution in [0.2, 0.25) is 0 Å². The number of aromatic nitrogens is 4. The summed E-state index contributed by atoms with van der Waals surface area (Å²) in [5.74, 6) is 0. The van der Waals surface area contributed by atoms with E-state index < -0.39 is 0 Å². The summed E-state index contributed by atoms with van der Waals surface area (Å²) in [4.78, 5) is 31.3. The Kier molecular flexibility index (Phi) is 4.36. The highest BCUT2D eigenvalue weighted by Gasteiger charge is 2.23. The fourth-order valence-corrected chi connectivity index (χ4v) is 3.42. The molecule has 1 atom stereocenters. The second-order valence-electron chi connectivity index (χ2n) is 6.19. The van der Waals surface area contributed by atoms with Crippen LogP contribution in [0.3, 0.4) is 0 Å². The van der Waals surface area contributed by atoms with Crippen molar-refractivity contribution in [3.8, 4) is 0 Å². The van der Waals surface area contributed by atoms with Crippen molar-refractivity contribution in [3.05, 3.63) is 27.2 Å². The van der Waals surface area contributed by atoms with Crippen molar-refractivity contribution in [1.29, 1.82) is 0 Å². The summed E-state index contributed by atoms with van der Waals surface area (Å²) in [5, 5.41) is 9.34. The van der Waals surface area contributed by atoms with Gasteiger partial charge in [-0.15, -0.1) is 0 Å². The molecule has 1 N–H and O–H groups in total. The zero-order valence-electron chi connectivity index (χ0n) is 13.6. The van der Waals surface area contributed by atoms with Crippen molar-refractivity contribution < 1.29 is 5.11 Å². The fourth-order valence-electron chi connectivity index (χ4n) is 3.42. The summed E-state index contributed by atoms with van der Waals surface area (Å²) in [6.45, 7) is 2.30. The predicted octanol–water partition coefficient (Wildman–Crippen LogP) is -0.719. The standard InChI is InChI=1S/C15H23N5O3/c1-17-10-16-13-12(17)14(22)20(15(23)18(13)2)8-4-7-19-6-3-5-11(19)9-21/h10-11,21H,3-9H2,1-2H3/t11-/m0/s1. The quantitative estimate of drug-likeness (QED) is 0.786. The lowest BCUT2D eigenvalue weighted by atomic mass is 10.2. The minimum atomic E-state index is -0.332. The molecule has 3 rings (SSSR count). The van der Waals surface area contributed by atoms with Gasteiger partial charge in [-0.25, -0.2) is 9.78 Å². The maximum Gasteiger partial charge on any atom is 0.332 e. The summed E-state index contributed by atoms with van der Waals surface area (Å²) < 4.78 is 4.35. The normalized spacial score (nSPS) is 19.0. The van der Waals surface area contributed by atoms with E-state index >= 15 is 0 Å². The van der Waals surface area contributed by atoms with Gasteiger partial charge in [-0.05, 0) is 25.8 Å². The third kappa shape index (κ3) is 2.72. The van der Waals surface area contributed by atoms with E-state index in [4.69, 9.17) is 0 Å². The van der Waals surface area contributed by atoms with Gasteiger partial charge in [-0.1, -0.05) is 0 Å². The van der Waals surface area contributed by atoms with Crippen LogP contribution in [0.5, 0.6) is 0 Å². The number of imidazole rings is 1. The van der Waals surface area contributed by atoms with Crippen LogP contribution in [0, 0.1) is 0 Å². The Bertz CT molecular complexity index is 819. The molecule has 1 saturated heterocycles.